The maximum atomic E-state index is 12.6. The average Bonchev–Trinajstić information content (AvgIpc) is 2.83. The fourth-order valence-corrected chi connectivity index (χ4v) is 2.88. The van der Waals surface area contributed by atoms with Crippen LogP contribution in [0.2, 0.25) is 0 Å². The molecule has 2 atom stereocenters. The molecule has 0 radical (unpaired) electrons. The summed E-state index contributed by atoms with van der Waals surface area (Å²) in [6, 6.07) is 19.0. The molecule has 3 heteroatoms. The lowest BCUT2D eigenvalue weighted by Gasteiger charge is -2.23. The van der Waals surface area contributed by atoms with Crippen LogP contribution in [-0.4, -0.2) is 16.7 Å². The van der Waals surface area contributed by atoms with E-state index < -0.39 is 0 Å². The zero-order valence-electron chi connectivity index (χ0n) is 11.9. The second kappa shape index (κ2) is 5.52. The van der Waals surface area contributed by atoms with Crippen LogP contribution in [0.4, 0.5) is 0 Å². The fraction of sp³-hybridized carbons (Fsp3) is 0.222. The Kier molecular flexibility index (Phi) is 3.57. The third kappa shape index (κ3) is 2.47. The molecule has 1 saturated heterocycles. The van der Waals surface area contributed by atoms with Gasteiger partial charge in [0.05, 0.1) is 12.0 Å². The molecular formula is C18H17NO2. The molecule has 3 rings (SSSR count). The van der Waals surface area contributed by atoms with E-state index in [9.17, 15) is 9.59 Å². The minimum Gasteiger partial charge on any atom is -0.275 e. The summed E-state index contributed by atoms with van der Waals surface area (Å²) in [4.78, 5) is 26.3. The van der Waals surface area contributed by atoms with E-state index in [1.54, 1.807) is 0 Å². The number of amides is 2. The van der Waals surface area contributed by atoms with Gasteiger partial charge in [0, 0.05) is 6.42 Å². The SMILES string of the molecule is C[C@@H](c1ccccc1)N1C(=O)CC(c2ccccc2)C1=O. The van der Waals surface area contributed by atoms with Crippen LogP contribution in [0.3, 0.4) is 0 Å². The van der Waals surface area contributed by atoms with E-state index in [4.69, 9.17) is 0 Å². The maximum Gasteiger partial charge on any atom is 0.237 e. The van der Waals surface area contributed by atoms with Crippen LogP contribution in [-0.2, 0) is 9.59 Å². The summed E-state index contributed by atoms with van der Waals surface area (Å²) in [7, 11) is 0. The molecule has 0 spiro atoms. The van der Waals surface area contributed by atoms with Crippen molar-refractivity contribution >= 4 is 11.8 Å². The zero-order valence-corrected chi connectivity index (χ0v) is 11.9. The van der Waals surface area contributed by atoms with Crippen LogP contribution in [0.25, 0.3) is 0 Å². The van der Waals surface area contributed by atoms with Gasteiger partial charge >= 0.3 is 0 Å². The number of hydrogen-bond acceptors (Lipinski definition) is 2. The standard InChI is InChI=1S/C18H17NO2/c1-13(14-8-4-2-5-9-14)19-17(20)12-16(18(19)21)15-10-6-3-7-11-15/h2-11,13,16H,12H2,1H3/t13-,16?/m0/s1. The highest BCUT2D eigenvalue weighted by atomic mass is 16.2. The number of imide groups is 1. The van der Waals surface area contributed by atoms with Crippen molar-refractivity contribution in [3.8, 4) is 0 Å². The van der Waals surface area contributed by atoms with Crippen molar-refractivity contribution in [1.29, 1.82) is 0 Å². The molecule has 0 aromatic heterocycles. The van der Waals surface area contributed by atoms with Gasteiger partial charge in [-0.2, -0.15) is 0 Å². The molecule has 0 aliphatic carbocycles. The molecule has 0 bridgehead atoms. The number of rotatable bonds is 3. The molecule has 21 heavy (non-hydrogen) atoms. The van der Waals surface area contributed by atoms with Crippen LogP contribution in [0, 0.1) is 0 Å². The van der Waals surface area contributed by atoms with Crippen LogP contribution in [0.5, 0.6) is 0 Å². The Balaban J connectivity index is 1.88. The van der Waals surface area contributed by atoms with Crippen LogP contribution in [0.15, 0.2) is 60.7 Å². The second-order valence-electron chi connectivity index (χ2n) is 5.36. The van der Waals surface area contributed by atoms with E-state index in [2.05, 4.69) is 0 Å². The van der Waals surface area contributed by atoms with Crippen molar-refractivity contribution in [2.75, 3.05) is 0 Å². The molecule has 1 heterocycles. The van der Waals surface area contributed by atoms with Crippen LogP contribution >= 0.6 is 0 Å². The van der Waals surface area contributed by atoms with Gasteiger partial charge in [-0.15, -0.1) is 0 Å². The van der Waals surface area contributed by atoms with Crippen molar-refractivity contribution in [2.45, 2.75) is 25.3 Å². The van der Waals surface area contributed by atoms with Crippen molar-refractivity contribution in [2.24, 2.45) is 0 Å². The summed E-state index contributed by atoms with van der Waals surface area (Å²) in [5.41, 5.74) is 1.89. The van der Waals surface area contributed by atoms with E-state index >= 15 is 0 Å². The molecular weight excluding hydrogens is 262 g/mol. The molecule has 2 aromatic rings. The average molecular weight is 279 g/mol. The molecule has 1 fully saturated rings. The maximum absolute atomic E-state index is 12.6. The number of likely N-dealkylation sites (tertiary alicyclic amines) is 1. The van der Waals surface area contributed by atoms with Gasteiger partial charge in [0.15, 0.2) is 0 Å². The minimum atomic E-state index is -0.343. The van der Waals surface area contributed by atoms with Gasteiger partial charge in [-0.05, 0) is 18.1 Å². The van der Waals surface area contributed by atoms with Crippen LogP contribution in [0.1, 0.15) is 36.4 Å². The van der Waals surface area contributed by atoms with Crippen molar-refractivity contribution < 1.29 is 9.59 Å². The fourth-order valence-electron chi connectivity index (χ4n) is 2.88. The monoisotopic (exact) mass is 279 g/mol. The Bertz CT molecular complexity index is 651. The third-order valence-corrected chi connectivity index (χ3v) is 4.05. The van der Waals surface area contributed by atoms with E-state index in [1.165, 1.54) is 4.90 Å². The van der Waals surface area contributed by atoms with Gasteiger partial charge in [0.25, 0.3) is 0 Å². The lowest BCUT2D eigenvalue weighted by Crippen LogP contribution is -2.33. The van der Waals surface area contributed by atoms with E-state index in [0.29, 0.717) is 0 Å². The Morgan fingerprint density at radius 2 is 1.52 bits per heavy atom. The number of carbonyl (C=O) groups excluding carboxylic acids is 2. The van der Waals surface area contributed by atoms with Gasteiger partial charge in [-0.25, -0.2) is 0 Å². The number of carbonyl (C=O) groups is 2. The number of benzene rings is 2. The van der Waals surface area contributed by atoms with Gasteiger partial charge in [-0.1, -0.05) is 60.7 Å². The Hall–Kier alpha value is -2.42. The van der Waals surface area contributed by atoms with Gasteiger partial charge in [-0.3, -0.25) is 14.5 Å². The number of nitrogens with zero attached hydrogens (tertiary/aromatic N) is 1. The highest BCUT2D eigenvalue weighted by Gasteiger charge is 2.41. The van der Waals surface area contributed by atoms with Crippen LogP contribution < -0.4 is 0 Å². The van der Waals surface area contributed by atoms with Crippen molar-refractivity contribution in [1.82, 2.24) is 4.90 Å². The molecule has 2 amide bonds. The summed E-state index contributed by atoms with van der Waals surface area (Å²) in [5.74, 6) is -0.530. The predicted molar refractivity (Wildman–Crippen MR) is 80.5 cm³/mol. The number of hydrogen-bond donors (Lipinski definition) is 0. The van der Waals surface area contributed by atoms with Gasteiger partial charge in [0.2, 0.25) is 11.8 Å². The van der Waals surface area contributed by atoms with E-state index in [0.717, 1.165) is 11.1 Å². The van der Waals surface area contributed by atoms with Crippen molar-refractivity contribution in [3.05, 3.63) is 71.8 Å². The summed E-state index contributed by atoms with van der Waals surface area (Å²) >= 11 is 0. The summed E-state index contributed by atoms with van der Waals surface area (Å²) in [6.45, 7) is 1.90. The van der Waals surface area contributed by atoms with Gasteiger partial charge in [0.1, 0.15) is 0 Å². The molecule has 0 N–H and O–H groups in total. The first-order valence-corrected chi connectivity index (χ1v) is 7.14. The topological polar surface area (TPSA) is 37.4 Å². The molecule has 1 aliphatic rings. The molecule has 106 valence electrons. The summed E-state index contributed by atoms with van der Waals surface area (Å²) in [5, 5.41) is 0. The van der Waals surface area contributed by atoms with E-state index in [1.807, 2.05) is 67.6 Å². The first kappa shape index (κ1) is 13.6. The lowest BCUT2D eigenvalue weighted by atomic mass is 9.98. The van der Waals surface area contributed by atoms with E-state index in [-0.39, 0.29) is 30.2 Å². The molecule has 1 unspecified atom stereocenters. The molecule has 0 saturated carbocycles. The molecule has 1 aliphatic heterocycles. The third-order valence-electron chi connectivity index (χ3n) is 4.05. The first-order valence-electron chi connectivity index (χ1n) is 7.14. The second-order valence-corrected chi connectivity index (χ2v) is 5.36. The Morgan fingerprint density at radius 1 is 0.952 bits per heavy atom. The largest absolute Gasteiger partial charge is 0.275 e. The first-order chi connectivity index (χ1) is 10.2. The molecule has 3 nitrogen and oxygen atoms in total. The summed E-state index contributed by atoms with van der Waals surface area (Å²) < 4.78 is 0. The molecule has 2 aromatic carbocycles. The summed E-state index contributed by atoms with van der Waals surface area (Å²) in [6.07, 6.45) is 0.264. The zero-order chi connectivity index (χ0) is 14.8. The van der Waals surface area contributed by atoms with Gasteiger partial charge < -0.3 is 0 Å². The quantitative estimate of drug-likeness (QED) is 0.808. The van der Waals surface area contributed by atoms with Crippen molar-refractivity contribution in [3.63, 3.8) is 0 Å². The highest BCUT2D eigenvalue weighted by molar-refractivity contribution is 6.06. The predicted octanol–water partition coefficient (Wildman–Crippen LogP) is 3.29. The highest BCUT2D eigenvalue weighted by Crippen LogP contribution is 2.34. The smallest absolute Gasteiger partial charge is 0.237 e. The Morgan fingerprint density at radius 3 is 2.14 bits per heavy atom. The Labute approximate surface area is 124 Å². The minimum absolute atomic E-state index is 0.0924. The normalized spacial score (nSPS) is 19.9. The lowest BCUT2D eigenvalue weighted by molar-refractivity contribution is -0.141.